The second-order valence-electron chi connectivity index (χ2n) is 12.2. The summed E-state index contributed by atoms with van der Waals surface area (Å²) in [4.78, 5) is 36.2. The van der Waals surface area contributed by atoms with Crippen molar-refractivity contribution >= 4 is 29.3 Å². The molecular weight excluding hydrogens is 642 g/mol. The number of hydrogen-bond acceptors (Lipinski definition) is 10. The number of alkyl halides is 1. The molecule has 11 nitrogen and oxygen atoms in total. The van der Waals surface area contributed by atoms with Crippen LogP contribution >= 0.6 is 11.6 Å². The molecule has 0 unspecified atom stereocenters. The van der Waals surface area contributed by atoms with Crippen LogP contribution in [0.3, 0.4) is 0 Å². The first kappa shape index (κ1) is 43.9. The molecule has 0 spiro atoms. The fourth-order valence-corrected chi connectivity index (χ4v) is 4.39. The number of unbranched alkanes of at least 4 members (excludes halogenated alkanes) is 3. The highest BCUT2D eigenvalue weighted by Crippen LogP contribution is 2.10. The fraction of sp³-hybridized carbons (Fsp3) is 0.750. The summed E-state index contributed by atoms with van der Waals surface area (Å²) in [5.74, 6) is 0.480. The molecule has 0 saturated heterocycles. The number of aryl methyl sites for hydroxylation is 1. The molecule has 48 heavy (non-hydrogen) atoms. The summed E-state index contributed by atoms with van der Waals surface area (Å²) in [6, 6.07) is 7.31. The molecule has 0 atom stereocenters. The number of nitrogens with one attached hydrogen (secondary N) is 1. The third-order valence-corrected chi connectivity index (χ3v) is 6.98. The van der Waals surface area contributed by atoms with Crippen LogP contribution in [0.2, 0.25) is 0 Å². The highest BCUT2D eigenvalue weighted by Gasteiger charge is 2.15. The van der Waals surface area contributed by atoms with Gasteiger partial charge in [-0.2, -0.15) is 0 Å². The molecule has 0 bridgehead atoms. The smallest absolute Gasteiger partial charge is 0.306 e. The second-order valence-corrected chi connectivity index (χ2v) is 12.6. The van der Waals surface area contributed by atoms with E-state index in [1.165, 1.54) is 0 Å². The van der Waals surface area contributed by atoms with E-state index in [1.54, 1.807) is 12.1 Å². The van der Waals surface area contributed by atoms with E-state index in [9.17, 15) is 14.4 Å². The largest absolute Gasteiger partial charge is 0.460 e. The van der Waals surface area contributed by atoms with Gasteiger partial charge in [0.15, 0.2) is 0 Å². The molecule has 276 valence electrons. The molecule has 0 aliphatic rings. The highest BCUT2D eigenvalue weighted by molar-refractivity contribution is 6.17. The van der Waals surface area contributed by atoms with Crippen LogP contribution in [0.5, 0.6) is 0 Å². The summed E-state index contributed by atoms with van der Waals surface area (Å²) in [6.07, 6.45) is 6.70. The van der Waals surface area contributed by atoms with Gasteiger partial charge in [-0.1, -0.05) is 25.0 Å². The number of halogens is 1. The Labute approximate surface area is 293 Å². The minimum Gasteiger partial charge on any atom is -0.460 e. The molecule has 0 aromatic heterocycles. The van der Waals surface area contributed by atoms with Crippen LogP contribution in [-0.4, -0.2) is 115 Å². The van der Waals surface area contributed by atoms with E-state index in [0.29, 0.717) is 117 Å². The van der Waals surface area contributed by atoms with Crippen molar-refractivity contribution in [3.63, 3.8) is 0 Å². The molecule has 12 heteroatoms. The number of Topliss-reactive ketones (excluding diaryl/α,β-unsaturated/α-hetero) is 1. The Morgan fingerprint density at radius 2 is 1.12 bits per heavy atom. The van der Waals surface area contributed by atoms with Gasteiger partial charge in [0.25, 0.3) is 5.91 Å². The van der Waals surface area contributed by atoms with Gasteiger partial charge < -0.3 is 38.5 Å². The second kappa shape index (κ2) is 29.8. The zero-order valence-electron chi connectivity index (χ0n) is 29.5. The average Bonchev–Trinajstić information content (AvgIpc) is 3.05. The van der Waals surface area contributed by atoms with Crippen molar-refractivity contribution in [3.8, 4) is 0 Å². The number of ketones is 1. The van der Waals surface area contributed by atoms with Crippen molar-refractivity contribution in [2.75, 3.05) is 91.7 Å². The molecule has 0 fully saturated rings. The quantitative estimate of drug-likeness (QED) is 0.0598. The van der Waals surface area contributed by atoms with Gasteiger partial charge >= 0.3 is 5.97 Å². The van der Waals surface area contributed by atoms with Crippen molar-refractivity contribution in [2.45, 2.75) is 84.2 Å². The first-order chi connectivity index (χ1) is 23.2. The molecule has 1 N–H and O–H groups in total. The zero-order valence-corrected chi connectivity index (χ0v) is 30.3. The molecule has 1 rings (SSSR count). The lowest BCUT2D eigenvalue weighted by atomic mass is 10.0. The Morgan fingerprint density at radius 3 is 1.71 bits per heavy atom. The van der Waals surface area contributed by atoms with Crippen LogP contribution in [0.25, 0.3) is 0 Å². The van der Waals surface area contributed by atoms with Crippen LogP contribution < -0.4 is 5.32 Å². The van der Waals surface area contributed by atoms with Crippen molar-refractivity contribution < 1.29 is 47.5 Å². The van der Waals surface area contributed by atoms with Crippen LogP contribution in [0.1, 0.15) is 88.1 Å². The summed E-state index contributed by atoms with van der Waals surface area (Å²) >= 11 is 5.66. The van der Waals surface area contributed by atoms with Gasteiger partial charge in [-0.25, -0.2) is 0 Å². The maximum atomic E-state index is 12.4. The number of rotatable bonds is 32. The van der Waals surface area contributed by atoms with Crippen LogP contribution in [0, 0.1) is 0 Å². The lowest BCUT2D eigenvalue weighted by Gasteiger charge is -2.19. The SMILES string of the molecule is CC(C)(C)OC(=O)CCCOCCOCCOCCOCCC(=O)CCc1ccc(C(=O)NCCOCCOCCCCCCCl)cc1. The van der Waals surface area contributed by atoms with Crippen molar-refractivity contribution in [3.05, 3.63) is 35.4 Å². The Hall–Kier alpha value is -2.12. The Balaban J connectivity index is 1.92. The standard InChI is InChI=1S/C36H60ClNO10/c1-36(2,3)48-34(40)9-8-20-43-24-27-46-29-30-47-28-25-44-21-16-33(39)15-12-31-10-13-32(14-11-31)35(41)38-18-22-45-26-23-42-19-7-5-4-6-17-37/h10-11,13-14H,4-9,12,15-30H2,1-3H3,(H,38,41). The average molecular weight is 702 g/mol. The lowest BCUT2D eigenvalue weighted by molar-refractivity contribution is -0.155. The van der Waals surface area contributed by atoms with E-state index in [2.05, 4.69) is 5.32 Å². The highest BCUT2D eigenvalue weighted by atomic mass is 35.5. The van der Waals surface area contributed by atoms with Gasteiger partial charge in [-0.05, 0) is 64.2 Å². The third-order valence-electron chi connectivity index (χ3n) is 6.72. The predicted octanol–water partition coefficient (Wildman–Crippen LogP) is 5.33. The monoisotopic (exact) mass is 701 g/mol. The summed E-state index contributed by atoms with van der Waals surface area (Å²) in [5.41, 5.74) is 1.11. The minimum absolute atomic E-state index is 0.130. The number of esters is 1. The van der Waals surface area contributed by atoms with E-state index in [1.807, 2.05) is 32.9 Å². The molecule has 0 heterocycles. The minimum atomic E-state index is -0.461. The molecule has 0 aliphatic carbocycles. The molecule has 1 amide bonds. The van der Waals surface area contributed by atoms with Crippen molar-refractivity contribution in [1.29, 1.82) is 0 Å². The van der Waals surface area contributed by atoms with Crippen LogP contribution in [0.15, 0.2) is 24.3 Å². The first-order valence-corrected chi connectivity index (χ1v) is 17.9. The summed E-state index contributed by atoms with van der Waals surface area (Å²) < 4.78 is 38.2. The van der Waals surface area contributed by atoms with Crippen molar-refractivity contribution in [1.82, 2.24) is 5.32 Å². The molecular formula is C36H60ClNO10. The number of carbonyl (C=O) groups excluding carboxylic acids is 3. The normalized spacial score (nSPS) is 11.5. The van der Waals surface area contributed by atoms with Gasteiger partial charge in [0.1, 0.15) is 11.4 Å². The summed E-state index contributed by atoms with van der Waals surface area (Å²) in [6.45, 7) is 11.7. The van der Waals surface area contributed by atoms with Gasteiger partial charge in [-0.15, -0.1) is 11.6 Å². The van der Waals surface area contributed by atoms with Crippen molar-refractivity contribution in [2.24, 2.45) is 0 Å². The topological polar surface area (TPSA) is 128 Å². The number of amides is 1. The van der Waals surface area contributed by atoms with E-state index in [4.69, 9.17) is 44.8 Å². The number of carbonyl (C=O) groups is 3. The Kier molecular flexibility index (Phi) is 27.2. The van der Waals surface area contributed by atoms with E-state index in [-0.39, 0.29) is 17.7 Å². The number of benzene rings is 1. The summed E-state index contributed by atoms with van der Waals surface area (Å²) in [7, 11) is 0. The molecule has 0 radical (unpaired) electrons. The maximum absolute atomic E-state index is 12.4. The fourth-order valence-electron chi connectivity index (χ4n) is 4.20. The van der Waals surface area contributed by atoms with Gasteiger partial charge in [0.2, 0.25) is 0 Å². The Morgan fingerprint density at radius 1 is 0.604 bits per heavy atom. The molecule has 0 saturated carbocycles. The van der Waals surface area contributed by atoms with E-state index >= 15 is 0 Å². The molecule has 1 aromatic rings. The van der Waals surface area contributed by atoms with Gasteiger partial charge in [0.05, 0.1) is 66.1 Å². The Bertz CT molecular complexity index is 955. The first-order valence-electron chi connectivity index (χ1n) is 17.3. The number of hydrogen-bond donors (Lipinski definition) is 1. The molecule has 0 aliphatic heterocycles. The van der Waals surface area contributed by atoms with Gasteiger partial charge in [0, 0.05) is 50.5 Å². The lowest BCUT2D eigenvalue weighted by Crippen LogP contribution is -2.27. The summed E-state index contributed by atoms with van der Waals surface area (Å²) in [5, 5.41) is 2.85. The van der Waals surface area contributed by atoms with E-state index in [0.717, 1.165) is 43.7 Å². The molecule has 1 aromatic carbocycles. The van der Waals surface area contributed by atoms with Crippen LogP contribution in [0.4, 0.5) is 0 Å². The van der Waals surface area contributed by atoms with E-state index < -0.39 is 5.60 Å². The predicted molar refractivity (Wildman–Crippen MR) is 186 cm³/mol. The maximum Gasteiger partial charge on any atom is 0.306 e. The zero-order chi connectivity index (χ0) is 35.1. The number of ether oxygens (including phenoxy) is 7. The third kappa shape index (κ3) is 27.8. The van der Waals surface area contributed by atoms with Gasteiger partial charge in [-0.3, -0.25) is 14.4 Å². The van der Waals surface area contributed by atoms with Crippen LogP contribution in [-0.2, 0) is 49.2 Å².